The van der Waals surface area contributed by atoms with Gasteiger partial charge in [0.15, 0.2) is 0 Å². The van der Waals surface area contributed by atoms with E-state index in [4.69, 9.17) is 5.73 Å². The highest BCUT2D eigenvalue weighted by molar-refractivity contribution is 9.10. The van der Waals surface area contributed by atoms with E-state index in [1.54, 1.807) is 12.1 Å². The minimum Gasteiger partial charge on any atom is -0.366 e. The first-order chi connectivity index (χ1) is 14.0. The molecule has 1 heterocycles. The minimum atomic E-state index is -0.434. The molecule has 2 amide bonds. The Kier molecular flexibility index (Phi) is 5.24. The van der Waals surface area contributed by atoms with Gasteiger partial charge in [-0.15, -0.1) is 0 Å². The van der Waals surface area contributed by atoms with Crippen LogP contribution in [0.15, 0.2) is 77.3 Å². The van der Waals surface area contributed by atoms with Crippen LogP contribution >= 0.6 is 15.9 Å². The molecular formula is C24H21BrN2O2. The molecule has 0 bridgehead atoms. The SMILES string of the molecule is CC1CC(c2ccc(C(N)=O)cc2)c2cc(Br)ccc2N1C(=O)c1ccccc1. The zero-order chi connectivity index (χ0) is 20.5. The number of hydrogen-bond donors (Lipinski definition) is 1. The van der Waals surface area contributed by atoms with Crippen molar-refractivity contribution < 1.29 is 9.59 Å². The van der Waals surface area contributed by atoms with Crippen LogP contribution in [-0.4, -0.2) is 17.9 Å². The summed E-state index contributed by atoms with van der Waals surface area (Å²) in [7, 11) is 0. The lowest BCUT2D eigenvalue weighted by Crippen LogP contribution is -2.43. The Morgan fingerprint density at radius 2 is 1.66 bits per heavy atom. The quantitative estimate of drug-likeness (QED) is 0.604. The van der Waals surface area contributed by atoms with Gasteiger partial charge < -0.3 is 10.6 Å². The fourth-order valence-corrected chi connectivity index (χ4v) is 4.44. The molecule has 4 nitrogen and oxygen atoms in total. The Labute approximate surface area is 178 Å². The van der Waals surface area contributed by atoms with Crippen molar-refractivity contribution in [1.29, 1.82) is 0 Å². The van der Waals surface area contributed by atoms with Gasteiger partial charge in [0.1, 0.15) is 0 Å². The molecule has 0 fully saturated rings. The van der Waals surface area contributed by atoms with Gasteiger partial charge in [-0.3, -0.25) is 9.59 Å². The van der Waals surface area contributed by atoms with Gasteiger partial charge in [0.05, 0.1) is 0 Å². The van der Waals surface area contributed by atoms with Crippen LogP contribution in [0.5, 0.6) is 0 Å². The van der Waals surface area contributed by atoms with E-state index < -0.39 is 5.91 Å². The van der Waals surface area contributed by atoms with Crippen molar-refractivity contribution in [3.63, 3.8) is 0 Å². The Balaban J connectivity index is 1.78. The van der Waals surface area contributed by atoms with E-state index in [-0.39, 0.29) is 17.9 Å². The highest BCUT2D eigenvalue weighted by Gasteiger charge is 2.35. The number of primary amides is 1. The lowest BCUT2D eigenvalue weighted by atomic mass is 9.81. The molecule has 1 aliphatic rings. The van der Waals surface area contributed by atoms with E-state index in [1.807, 2.05) is 59.5 Å². The van der Waals surface area contributed by atoms with E-state index in [1.165, 1.54) is 0 Å². The molecule has 2 N–H and O–H groups in total. The summed E-state index contributed by atoms with van der Waals surface area (Å²) in [5, 5.41) is 0. The Bertz CT molecular complexity index is 1060. The molecule has 2 atom stereocenters. The predicted octanol–water partition coefficient (Wildman–Crippen LogP) is 5.12. The fraction of sp³-hybridized carbons (Fsp3) is 0.167. The first-order valence-corrected chi connectivity index (χ1v) is 10.3. The van der Waals surface area contributed by atoms with Gasteiger partial charge >= 0.3 is 0 Å². The van der Waals surface area contributed by atoms with E-state index >= 15 is 0 Å². The second-order valence-corrected chi connectivity index (χ2v) is 8.28. The maximum atomic E-state index is 13.3. The molecule has 146 valence electrons. The van der Waals surface area contributed by atoms with Crippen molar-refractivity contribution >= 4 is 33.4 Å². The van der Waals surface area contributed by atoms with Crippen molar-refractivity contribution in [2.75, 3.05) is 4.90 Å². The standard InChI is InChI=1S/C24H21BrN2O2/c1-15-13-20(16-7-9-17(10-8-16)23(26)28)21-14-19(25)11-12-22(21)27(15)24(29)18-5-3-2-4-6-18/h2-12,14-15,20H,13H2,1H3,(H2,26,28). The van der Waals surface area contributed by atoms with Crippen molar-refractivity contribution in [2.24, 2.45) is 5.73 Å². The number of rotatable bonds is 3. The van der Waals surface area contributed by atoms with Gasteiger partial charge in [-0.1, -0.05) is 46.3 Å². The maximum Gasteiger partial charge on any atom is 0.258 e. The number of hydrogen-bond acceptors (Lipinski definition) is 2. The van der Waals surface area contributed by atoms with Crippen molar-refractivity contribution in [1.82, 2.24) is 0 Å². The fourth-order valence-electron chi connectivity index (χ4n) is 4.06. The van der Waals surface area contributed by atoms with Crippen LogP contribution in [0.2, 0.25) is 0 Å². The summed E-state index contributed by atoms with van der Waals surface area (Å²) in [5.74, 6) is -0.306. The largest absolute Gasteiger partial charge is 0.366 e. The Morgan fingerprint density at radius 3 is 2.31 bits per heavy atom. The first-order valence-electron chi connectivity index (χ1n) is 9.53. The third-order valence-corrected chi connectivity index (χ3v) is 5.97. The number of nitrogens with two attached hydrogens (primary N) is 1. The molecule has 0 aliphatic carbocycles. The normalized spacial score (nSPS) is 18.2. The number of fused-ring (bicyclic) bond motifs is 1. The van der Waals surface area contributed by atoms with E-state index in [2.05, 4.69) is 28.9 Å². The van der Waals surface area contributed by atoms with Crippen LogP contribution in [0, 0.1) is 0 Å². The average molecular weight is 449 g/mol. The highest BCUT2D eigenvalue weighted by atomic mass is 79.9. The highest BCUT2D eigenvalue weighted by Crippen LogP contribution is 2.43. The molecule has 3 aromatic carbocycles. The first kappa shape index (κ1) is 19.4. The van der Waals surface area contributed by atoms with Crippen LogP contribution in [0.4, 0.5) is 5.69 Å². The zero-order valence-electron chi connectivity index (χ0n) is 16.0. The molecule has 0 saturated carbocycles. The van der Waals surface area contributed by atoms with Crippen LogP contribution < -0.4 is 10.6 Å². The lowest BCUT2D eigenvalue weighted by molar-refractivity contribution is 0.0971. The summed E-state index contributed by atoms with van der Waals surface area (Å²) < 4.78 is 0.969. The summed E-state index contributed by atoms with van der Waals surface area (Å²) in [4.78, 5) is 26.6. The number of amides is 2. The number of benzene rings is 3. The van der Waals surface area contributed by atoms with Gasteiger partial charge in [0.25, 0.3) is 5.91 Å². The summed E-state index contributed by atoms with van der Waals surface area (Å²) in [5.41, 5.74) is 9.67. The number of carbonyl (C=O) groups is 2. The molecule has 0 aromatic heterocycles. The molecule has 0 spiro atoms. The smallest absolute Gasteiger partial charge is 0.258 e. The average Bonchev–Trinajstić information content (AvgIpc) is 2.73. The summed E-state index contributed by atoms with van der Waals surface area (Å²) in [6.07, 6.45) is 0.790. The lowest BCUT2D eigenvalue weighted by Gasteiger charge is -2.40. The van der Waals surface area contributed by atoms with E-state index in [9.17, 15) is 9.59 Å². The van der Waals surface area contributed by atoms with Crippen LogP contribution in [0.25, 0.3) is 0 Å². The third-order valence-electron chi connectivity index (χ3n) is 5.48. The summed E-state index contributed by atoms with van der Waals surface area (Å²) in [6.45, 7) is 2.08. The molecule has 0 radical (unpaired) electrons. The van der Waals surface area contributed by atoms with Crippen LogP contribution in [-0.2, 0) is 0 Å². The number of nitrogens with zero attached hydrogens (tertiary/aromatic N) is 1. The van der Waals surface area contributed by atoms with Crippen molar-refractivity contribution in [3.05, 3.63) is 99.5 Å². The Morgan fingerprint density at radius 1 is 0.966 bits per heavy atom. The molecule has 3 aromatic rings. The second-order valence-electron chi connectivity index (χ2n) is 7.37. The molecule has 5 heteroatoms. The topological polar surface area (TPSA) is 63.4 Å². The van der Waals surface area contributed by atoms with Crippen LogP contribution in [0.3, 0.4) is 0 Å². The van der Waals surface area contributed by atoms with Gasteiger partial charge in [0.2, 0.25) is 5.91 Å². The molecule has 0 saturated heterocycles. The maximum absolute atomic E-state index is 13.3. The molecule has 2 unspecified atom stereocenters. The Hall–Kier alpha value is -2.92. The monoisotopic (exact) mass is 448 g/mol. The predicted molar refractivity (Wildman–Crippen MR) is 118 cm³/mol. The van der Waals surface area contributed by atoms with Gasteiger partial charge in [-0.25, -0.2) is 0 Å². The second kappa shape index (κ2) is 7.84. The van der Waals surface area contributed by atoms with Gasteiger partial charge in [-0.2, -0.15) is 0 Å². The molecule has 29 heavy (non-hydrogen) atoms. The third kappa shape index (κ3) is 3.70. The summed E-state index contributed by atoms with van der Waals surface area (Å²) in [6, 6.07) is 22.9. The summed E-state index contributed by atoms with van der Waals surface area (Å²) >= 11 is 3.57. The number of halogens is 1. The number of anilines is 1. The van der Waals surface area contributed by atoms with E-state index in [0.29, 0.717) is 11.1 Å². The van der Waals surface area contributed by atoms with Crippen LogP contribution in [0.1, 0.15) is 51.1 Å². The molecule has 1 aliphatic heterocycles. The molecule has 4 rings (SSSR count). The number of carbonyl (C=O) groups excluding carboxylic acids is 2. The van der Waals surface area contributed by atoms with Crippen molar-refractivity contribution in [2.45, 2.75) is 25.3 Å². The van der Waals surface area contributed by atoms with Gasteiger partial charge in [-0.05, 0) is 66.9 Å². The van der Waals surface area contributed by atoms with E-state index in [0.717, 1.165) is 27.7 Å². The molecular weight excluding hydrogens is 428 g/mol. The minimum absolute atomic E-state index is 0.00389. The van der Waals surface area contributed by atoms with Crippen molar-refractivity contribution in [3.8, 4) is 0 Å². The zero-order valence-corrected chi connectivity index (χ0v) is 17.6. The van der Waals surface area contributed by atoms with Gasteiger partial charge in [0, 0.05) is 33.2 Å².